The number of hydrogen-bond donors (Lipinski definition) is 2. The third kappa shape index (κ3) is 4.13. The molecule has 0 spiro atoms. The van der Waals surface area contributed by atoms with Gasteiger partial charge in [0.15, 0.2) is 17.7 Å². The number of pyridine rings is 1. The Morgan fingerprint density at radius 3 is 2.52 bits per heavy atom. The van der Waals surface area contributed by atoms with Gasteiger partial charge in [0.25, 0.3) is 5.69 Å². The molecule has 0 aliphatic carbocycles. The van der Waals surface area contributed by atoms with Gasteiger partial charge in [-0.25, -0.2) is 0 Å². The maximum atomic E-state index is 12.1. The van der Waals surface area contributed by atoms with E-state index in [4.69, 9.17) is 4.84 Å². The molecule has 0 radical (unpaired) electrons. The molecule has 0 saturated carbocycles. The minimum atomic E-state index is -0.606. The fraction of sp³-hybridized carbons (Fsp3) is 0.250. The number of phenols is 1. The molecular formula is C16H17BrN2O4. The van der Waals surface area contributed by atoms with E-state index in [9.17, 15) is 15.4 Å². The van der Waals surface area contributed by atoms with Crippen LogP contribution in [0.5, 0.6) is 11.5 Å². The van der Waals surface area contributed by atoms with Crippen LogP contribution in [-0.4, -0.2) is 21.5 Å². The first-order valence-corrected chi connectivity index (χ1v) is 7.65. The summed E-state index contributed by atoms with van der Waals surface area (Å²) in [4.78, 5) is 5.40. The highest BCUT2D eigenvalue weighted by Crippen LogP contribution is 2.27. The number of aromatic nitrogens is 1. The highest BCUT2D eigenvalue weighted by atomic mass is 79.9. The van der Waals surface area contributed by atoms with Gasteiger partial charge in [-0.3, -0.25) is 0 Å². The first-order chi connectivity index (χ1) is 10.7. The zero-order valence-corrected chi connectivity index (χ0v) is 14.5. The normalized spacial score (nSPS) is 12.3. The number of hydrogen-bond acceptors (Lipinski definition) is 5. The molecule has 0 aliphatic rings. The molecule has 0 fully saturated rings. The predicted octanol–water partition coefficient (Wildman–Crippen LogP) is 3.06. The summed E-state index contributed by atoms with van der Waals surface area (Å²) in [6.07, 6.45) is 1.23. The Labute approximate surface area is 142 Å². The molecule has 23 heavy (non-hydrogen) atoms. The topological polar surface area (TPSA) is 89.0 Å². The van der Waals surface area contributed by atoms with Crippen molar-refractivity contribution in [3.05, 3.63) is 57.5 Å². The second-order valence-corrected chi connectivity index (χ2v) is 6.79. The van der Waals surface area contributed by atoms with Gasteiger partial charge < -0.3 is 20.3 Å². The summed E-state index contributed by atoms with van der Waals surface area (Å²) >= 11 is 3.31. The molecule has 2 rings (SSSR count). The van der Waals surface area contributed by atoms with Crippen LogP contribution in [0.4, 0.5) is 0 Å². The number of rotatable bonds is 3. The lowest BCUT2D eigenvalue weighted by atomic mass is 10.1. The lowest BCUT2D eigenvalue weighted by molar-refractivity contribution is -0.607. The van der Waals surface area contributed by atoms with Gasteiger partial charge in [0.1, 0.15) is 11.4 Å². The Morgan fingerprint density at radius 2 is 1.91 bits per heavy atom. The molecule has 0 bridgehead atoms. The minimum Gasteiger partial charge on any atom is -0.618 e. The standard InChI is InChI=1S/C16H17BrN2O4/c1-16(2,3)23-18-14(11-9-10(17)6-7-12(11)20)15-13(21)5-4-8-19(15)22/h4-9,20-21H,1-3H3/b18-14-. The lowest BCUT2D eigenvalue weighted by Gasteiger charge is -2.17. The maximum absolute atomic E-state index is 12.1. The molecule has 2 N–H and O–H groups in total. The molecule has 6 nitrogen and oxygen atoms in total. The van der Waals surface area contributed by atoms with Crippen LogP contribution >= 0.6 is 15.9 Å². The maximum Gasteiger partial charge on any atom is 0.288 e. The van der Waals surface area contributed by atoms with Crippen LogP contribution in [0.1, 0.15) is 32.0 Å². The largest absolute Gasteiger partial charge is 0.618 e. The molecular weight excluding hydrogens is 364 g/mol. The molecule has 0 aliphatic heterocycles. The summed E-state index contributed by atoms with van der Waals surface area (Å²) in [6, 6.07) is 7.48. The Bertz CT molecular complexity index is 734. The Hall–Kier alpha value is -2.28. The molecule has 0 unspecified atom stereocenters. The average molecular weight is 381 g/mol. The van der Waals surface area contributed by atoms with E-state index in [2.05, 4.69) is 21.1 Å². The zero-order valence-electron chi connectivity index (χ0n) is 12.9. The van der Waals surface area contributed by atoms with Crippen LogP contribution in [-0.2, 0) is 4.84 Å². The van der Waals surface area contributed by atoms with Gasteiger partial charge in [-0.1, -0.05) is 21.1 Å². The number of oxime groups is 1. The van der Waals surface area contributed by atoms with Crippen molar-refractivity contribution in [1.82, 2.24) is 0 Å². The monoisotopic (exact) mass is 380 g/mol. The summed E-state index contributed by atoms with van der Waals surface area (Å²) in [6.45, 7) is 5.39. The summed E-state index contributed by atoms with van der Waals surface area (Å²) in [5.41, 5.74) is -0.419. The van der Waals surface area contributed by atoms with Crippen molar-refractivity contribution in [2.24, 2.45) is 5.16 Å². The van der Waals surface area contributed by atoms with E-state index < -0.39 is 5.60 Å². The molecule has 1 heterocycles. The smallest absolute Gasteiger partial charge is 0.288 e. The second-order valence-electron chi connectivity index (χ2n) is 5.87. The van der Waals surface area contributed by atoms with Gasteiger partial charge in [-0.2, -0.15) is 4.73 Å². The van der Waals surface area contributed by atoms with Crippen LogP contribution in [0.2, 0.25) is 0 Å². The fourth-order valence-electron chi connectivity index (χ4n) is 1.80. The van der Waals surface area contributed by atoms with Gasteiger partial charge in [0, 0.05) is 10.5 Å². The van der Waals surface area contributed by atoms with Crippen molar-refractivity contribution in [2.75, 3.05) is 0 Å². The number of halogens is 1. The third-order valence-corrected chi connectivity index (χ3v) is 3.28. The SMILES string of the molecule is CC(C)(C)O/N=C(/c1cc(Br)ccc1O)c1c(O)ccc[n+]1[O-]. The first-order valence-electron chi connectivity index (χ1n) is 6.85. The quantitative estimate of drug-likeness (QED) is 0.370. The molecule has 1 aromatic carbocycles. The van der Waals surface area contributed by atoms with Crippen molar-refractivity contribution in [3.63, 3.8) is 0 Å². The van der Waals surface area contributed by atoms with Crippen molar-refractivity contribution >= 4 is 21.6 Å². The number of nitrogens with zero attached hydrogens (tertiary/aromatic N) is 2. The van der Waals surface area contributed by atoms with Gasteiger partial charge in [0.2, 0.25) is 0 Å². The van der Waals surface area contributed by atoms with Crippen molar-refractivity contribution in [1.29, 1.82) is 0 Å². The molecule has 0 saturated heterocycles. The van der Waals surface area contributed by atoms with Crippen LogP contribution in [0.3, 0.4) is 0 Å². The first kappa shape index (κ1) is 17.1. The van der Waals surface area contributed by atoms with E-state index in [1.54, 1.807) is 32.9 Å². The van der Waals surface area contributed by atoms with Crippen LogP contribution in [0, 0.1) is 5.21 Å². The minimum absolute atomic E-state index is 0.0341. The van der Waals surface area contributed by atoms with Gasteiger partial charge in [-0.15, -0.1) is 0 Å². The summed E-state index contributed by atoms with van der Waals surface area (Å²) in [5, 5.41) is 36.3. The molecule has 1 aromatic heterocycles. The lowest BCUT2D eigenvalue weighted by Crippen LogP contribution is -2.35. The van der Waals surface area contributed by atoms with Gasteiger partial charge >= 0.3 is 0 Å². The highest BCUT2D eigenvalue weighted by molar-refractivity contribution is 9.10. The van der Waals surface area contributed by atoms with Crippen molar-refractivity contribution in [3.8, 4) is 11.5 Å². The Morgan fingerprint density at radius 1 is 1.22 bits per heavy atom. The van der Waals surface area contributed by atoms with E-state index in [0.717, 1.165) is 0 Å². The zero-order chi connectivity index (χ0) is 17.2. The molecule has 0 atom stereocenters. The molecule has 122 valence electrons. The average Bonchev–Trinajstić information content (AvgIpc) is 2.44. The van der Waals surface area contributed by atoms with Crippen LogP contribution in [0.25, 0.3) is 0 Å². The fourth-order valence-corrected chi connectivity index (χ4v) is 2.17. The Kier molecular flexibility index (Phi) is 4.79. The van der Waals surface area contributed by atoms with E-state index in [1.165, 1.54) is 24.4 Å². The van der Waals surface area contributed by atoms with Gasteiger partial charge in [0.05, 0.1) is 5.56 Å². The van der Waals surface area contributed by atoms with Crippen molar-refractivity contribution in [2.45, 2.75) is 26.4 Å². The summed E-state index contributed by atoms with van der Waals surface area (Å²) in [5.74, 6) is -0.356. The third-order valence-electron chi connectivity index (χ3n) is 2.79. The van der Waals surface area contributed by atoms with Crippen molar-refractivity contribution < 1.29 is 19.8 Å². The highest BCUT2D eigenvalue weighted by Gasteiger charge is 2.26. The summed E-state index contributed by atoms with van der Waals surface area (Å²) < 4.78 is 1.15. The van der Waals surface area contributed by atoms with E-state index in [-0.39, 0.29) is 28.5 Å². The molecule has 0 amide bonds. The van der Waals surface area contributed by atoms with E-state index in [1.807, 2.05) is 0 Å². The molecule has 2 aromatic rings. The molecule has 7 heteroatoms. The van der Waals surface area contributed by atoms with E-state index >= 15 is 0 Å². The number of aromatic hydroxyl groups is 2. The Balaban J connectivity index is 2.68. The number of phenolic OH excluding ortho intramolecular Hbond substituents is 1. The van der Waals surface area contributed by atoms with Crippen LogP contribution in [0.15, 0.2) is 46.2 Å². The summed E-state index contributed by atoms with van der Waals surface area (Å²) in [7, 11) is 0. The number of benzene rings is 1. The van der Waals surface area contributed by atoms with Crippen LogP contribution < -0.4 is 4.73 Å². The second kappa shape index (κ2) is 6.45. The van der Waals surface area contributed by atoms with E-state index in [0.29, 0.717) is 9.20 Å². The van der Waals surface area contributed by atoms with Gasteiger partial charge in [-0.05, 0) is 45.0 Å². The predicted molar refractivity (Wildman–Crippen MR) is 89.4 cm³/mol.